The van der Waals surface area contributed by atoms with Gasteiger partial charge in [0.2, 0.25) is 0 Å². The SMILES string of the molecule is CCCCCCC(F)C(F)(F)C(F)(F)S(=O)(=O)[O-].[Li+]. The molecular formula is C9H14F5LiO3S. The maximum absolute atomic E-state index is 13.0. The first-order valence-electron chi connectivity index (χ1n) is 5.33. The number of hydrogen-bond donors (Lipinski definition) is 0. The van der Waals surface area contributed by atoms with Gasteiger partial charge in [-0.1, -0.05) is 32.6 Å². The first-order valence-corrected chi connectivity index (χ1v) is 6.74. The topological polar surface area (TPSA) is 57.2 Å². The smallest absolute Gasteiger partial charge is 0.743 e. The summed E-state index contributed by atoms with van der Waals surface area (Å²) in [5, 5.41) is -5.94. The van der Waals surface area contributed by atoms with Crippen LogP contribution in [0.2, 0.25) is 0 Å². The van der Waals surface area contributed by atoms with Crippen LogP contribution < -0.4 is 18.9 Å². The molecule has 3 nitrogen and oxygen atoms in total. The molecule has 0 saturated carbocycles. The van der Waals surface area contributed by atoms with Crippen molar-refractivity contribution in [2.24, 2.45) is 0 Å². The van der Waals surface area contributed by atoms with Crippen molar-refractivity contribution in [2.75, 3.05) is 0 Å². The number of alkyl halides is 5. The Bertz CT molecular complexity index is 361. The Balaban J connectivity index is 0. The van der Waals surface area contributed by atoms with E-state index in [0.29, 0.717) is 12.8 Å². The third kappa shape index (κ3) is 5.21. The van der Waals surface area contributed by atoms with Gasteiger partial charge >= 0.3 is 30.0 Å². The second-order valence-electron chi connectivity index (χ2n) is 3.91. The third-order valence-corrected chi connectivity index (χ3v) is 3.31. The predicted molar refractivity (Wildman–Crippen MR) is 53.2 cm³/mol. The summed E-state index contributed by atoms with van der Waals surface area (Å²) < 4.78 is 94.2. The van der Waals surface area contributed by atoms with E-state index in [9.17, 15) is 34.9 Å². The Morgan fingerprint density at radius 2 is 1.58 bits per heavy atom. The van der Waals surface area contributed by atoms with Gasteiger partial charge in [0.05, 0.1) is 0 Å². The zero-order chi connectivity index (χ0) is 14.6. The van der Waals surface area contributed by atoms with Crippen LogP contribution in [0.15, 0.2) is 0 Å². The molecule has 110 valence electrons. The maximum Gasteiger partial charge on any atom is 1.00 e. The number of halogens is 5. The minimum Gasteiger partial charge on any atom is -0.743 e. The second kappa shape index (κ2) is 7.81. The summed E-state index contributed by atoms with van der Waals surface area (Å²) in [4.78, 5) is 0. The standard InChI is InChI=1S/C9H15F5O3S.Li/c1-2-3-4-5-6-7(10)8(11,12)9(13,14)18(15,16)17;/h7H,2-6H2,1H3,(H,15,16,17);/q;+1/p-1. The van der Waals surface area contributed by atoms with Crippen LogP contribution in [0.5, 0.6) is 0 Å². The molecule has 0 bridgehead atoms. The summed E-state index contributed by atoms with van der Waals surface area (Å²) in [6.07, 6.45) is -2.65. The van der Waals surface area contributed by atoms with Gasteiger partial charge in [0.15, 0.2) is 16.3 Å². The quantitative estimate of drug-likeness (QED) is 0.276. The van der Waals surface area contributed by atoms with E-state index in [1.54, 1.807) is 6.92 Å². The molecule has 0 aliphatic carbocycles. The van der Waals surface area contributed by atoms with Crippen molar-refractivity contribution in [1.29, 1.82) is 0 Å². The summed E-state index contributed by atoms with van der Waals surface area (Å²) in [6, 6.07) is 0. The molecule has 0 heterocycles. The number of rotatable bonds is 8. The van der Waals surface area contributed by atoms with E-state index in [1.165, 1.54) is 0 Å². The molecule has 0 aliphatic rings. The van der Waals surface area contributed by atoms with Crippen LogP contribution >= 0.6 is 0 Å². The molecule has 0 radical (unpaired) electrons. The molecule has 0 aromatic rings. The van der Waals surface area contributed by atoms with Gasteiger partial charge in [0.1, 0.15) is 0 Å². The van der Waals surface area contributed by atoms with Gasteiger partial charge in [-0.2, -0.15) is 17.6 Å². The van der Waals surface area contributed by atoms with Crippen LogP contribution in [0.4, 0.5) is 22.0 Å². The zero-order valence-electron chi connectivity index (χ0n) is 10.6. The van der Waals surface area contributed by atoms with E-state index in [1.807, 2.05) is 0 Å². The molecule has 0 aromatic carbocycles. The molecule has 0 fully saturated rings. The van der Waals surface area contributed by atoms with Gasteiger partial charge in [0, 0.05) is 0 Å². The predicted octanol–water partition coefficient (Wildman–Crippen LogP) is 0.0722. The Labute approximate surface area is 120 Å². The van der Waals surface area contributed by atoms with Gasteiger partial charge < -0.3 is 4.55 Å². The van der Waals surface area contributed by atoms with E-state index in [-0.39, 0.29) is 25.3 Å². The van der Waals surface area contributed by atoms with Crippen molar-refractivity contribution >= 4 is 10.1 Å². The molecule has 1 unspecified atom stereocenters. The molecule has 0 amide bonds. The molecule has 1 atom stereocenters. The number of hydrogen-bond acceptors (Lipinski definition) is 3. The zero-order valence-corrected chi connectivity index (χ0v) is 11.5. The Kier molecular flexibility index (Phi) is 8.82. The van der Waals surface area contributed by atoms with Crippen molar-refractivity contribution in [3.05, 3.63) is 0 Å². The summed E-state index contributed by atoms with van der Waals surface area (Å²) >= 11 is 0. The summed E-state index contributed by atoms with van der Waals surface area (Å²) in [6.45, 7) is 1.81. The second-order valence-corrected chi connectivity index (χ2v) is 5.33. The normalized spacial score (nSPS) is 14.9. The largest absolute Gasteiger partial charge is 1.00 e. The minimum absolute atomic E-state index is 0. The van der Waals surface area contributed by atoms with Crippen molar-refractivity contribution in [3.63, 3.8) is 0 Å². The minimum atomic E-state index is -6.61. The summed E-state index contributed by atoms with van der Waals surface area (Å²) in [7, 11) is -6.61. The molecule has 10 heteroatoms. The van der Waals surface area contributed by atoms with Crippen LogP contribution in [0.25, 0.3) is 0 Å². The average Bonchev–Trinajstić information content (AvgIpc) is 2.22. The van der Waals surface area contributed by atoms with Crippen molar-refractivity contribution < 1.29 is 53.8 Å². The van der Waals surface area contributed by atoms with Crippen LogP contribution in [0, 0.1) is 0 Å². The molecule has 0 spiro atoms. The van der Waals surface area contributed by atoms with Gasteiger partial charge in [-0.05, 0) is 6.42 Å². The van der Waals surface area contributed by atoms with Crippen LogP contribution in [-0.2, 0) is 10.1 Å². The number of unbranched alkanes of at least 4 members (excludes halogenated alkanes) is 3. The van der Waals surface area contributed by atoms with Crippen LogP contribution in [0.1, 0.15) is 39.0 Å². The summed E-state index contributed by atoms with van der Waals surface area (Å²) in [5.74, 6) is -5.51. The van der Waals surface area contributed by atoms with E-state index >= 15 is 0 Å². The molecule has 0 saturated heterocycles. The fraction of sp³-hybridized carbons (Fsp3) is 1.00. The van der Waals surface area contributed by atoms with E-state index in [0.717, 1.165) is 6.42 Å². The fourth-order valence-electron chi connectivity index (χ4n) is 1.28. The molecule has 0 aromatic heterocycles. The van der Waals surface area contributed by atoms with Crippen molar-refractivity contribution in [2.45, 2.75) is 56.4 Å². The Morgan fingerprint density at radius 1 is 1.11 bits per heavy atom. The van der Waals surface area contributed by atoms with Crippen LogP contribution in [0.3, 0.4) is 0 Å². The molecule has 0 N–H and O–H groups in total. The molecule has 0 rings (SSSR count). The Morgan fingerprint density at radius 3 is 1.95 bits per heavy atom. The molecule has 0 aliphatic heterocycles. The van der Waals surface area contributed by atoms with E-state index < -0.39 is 33.9 Å². The van der Waals surface area contributed by atoms with E-state index in [2.05, 4.69) is 0 Å². The van der Waals surface area contributed by atoms with Gasteiger partial charge in [-0.3, -0.25) is 0 Å². The van der Waals surface area contributed by atoms with Gasteiger partial charge in [0.25, 0.3) is 0 Å². The fourth-order valence-corrected chi connectivity index (χ4v) is 1.74. The maximum atomic E-state index is 13.0. The summed E-state index contributed by atoms with van der Waals surface area (Å²) in [5.41, 5.74) is 0. The first-order chi connectivity index (χ1) is 7.98. The van der Waals surface area contributed by atoms with Crippen molar-refractivity contribution in [1.82, 2.24) is 0 Å². The third-order valence-electron chi connectivity index (χ3n) is 2.41. The first kappa shape index (κ1) is 21.5. The Hall–Kier alpha value is 0.157. The average molecular weight is 304 g/mol. The monoisotopic (exact) mass is 304 g/mol. The van der Waals surface area contributed by atoms with E-state index in [4.69, 9.17) is 0 Å². The van der Waals surface area contributed by atoms with Gasteiger partial charge in [-0.25, -0.2) is 12.8 Å². The van der Waals surface area contributed by atoms with Crippen molar-refractivity contribution in [3.8, 4) is 0 Å². The van der Waals surface area contributed by atoms with Gasteiger partial charge in [-0.15, -0.1) is 0 Å². The molecule has 19 heavy (non-hydrogen) atoms. The van der Waals surface area contributed by atoms with Crippen LogP contribution in [-0.4, -0.2) is 30.3 Å². The molecular weight excluding hydrogens is 290 g/mol.